The first-order valence-electron chi connectivity index (χ1n) is 10.8. The number of fused-ring (bicyclic) bond motifs is 1. The van der Waals surface area contributed by atoms with E-state index in [2.05, 4.69) is 15.3 Å². The van der Waals surface area contributed by atoms with E-state index in [0.717, 1.165) is 47.2 Å². The topological polar surface area (TPSA) is 103 Å². The van der Waals surface area contributed by atoms with Crippen molar-refractivity contribution in [3.8, 4) is 10.6 Å². The van der Waals surface area contributed by atoms with Crippen LogP contribution >= 0.6 is 35.3 Å². The van der Waals surface area contributed by atoms with E-state index in [0.29, 0.717) is 15.7 Å². The van der Waals surface area contributed by atoms with Crippen LogP contribution in [0.25, 0.3) is 21.5 Å². The maximum absolute atomic E-state index is 13.1. The first-order chi connectivity index (χ1) is 16.0. The number of hydrogen-bond acceptors (Lipinski definition) is 5. The third-order valence-corrected chi connectivity index (χ3v) is 7.30. The van der Waals surface area contributed by atoms with Crippen LogP contribution in [0.15, 0.2) is 54.9 Å². The Morgan fingerprint density at radius 3 is 2.71 bits per heavy atom. The third kappa shape index (κ3) is 4.66. The van der Waals surface area contributed by atoms with Crippen LogP contribution in [0.1, 0.15) is 52.0 Å². The summed E-state index contributed by atoms with van der Waals surface area (Å²) in [6.07, 6.45) is 7.02. The number of halogens is 2. The number of amides is 2. The number of hydrogen-bond donors (Lipinski definition) is 2. The highest BCUT2D eigenvalue weighted by atomic mass is 35.5. The highest BCUT2D eigenvalue weighted by molar-refractivity contribution is 7.16. The molecule has 34 heavy (non-hydrogen) atoms. The Morgan fingerprint density at radius 1 is 1.12 bits per heavy atom. The average molecular weight is 516 g/mol. The molecule has 1 aliphatic rings. The second kappa shape index (κ2) is 10.1. The number of nitrogens with two attached hydrogens (primary N) is 1. The number of nitrogens with one attached hydrogen (secondary N) is 1. The minimum absolute atomic E-state index is 0. The molecule has 1 aromatic carbocycles. The van der Waals surface area contributed by atoms with Crippen LogP contribution in [-0.2, 0) is 0 Å². The molecule has 10 heteroatoms. The molecule has 0 spiro atoms. The summed E-state index contributed by atoms with van der Waals surface area (Å²) < 4.78 is 1.97. The van der Waals surface area contributed by atoms with Gasteiger partial charge in [-0.15, -0.1) is 23.7 Å². The molecule has 2 atom stereocenters. The smallest absolute Gasteiger partial charge is 0.280 e. The number of carbonyl (C=O) groups is 2. The molecule has 0 bridgehead atoms. The number of benzene rings is 1. The largest absolute Gasteiger partial charge is 0.364 e. The van der Waals surface area contributed by atoms with Crippen LogP contribution in [0.3, 0.4) is 0 Å². The van der Waals surface area contributed by atoms with Gasteiger partial charge in [-0.25, -0.2) is 4.98 Å². The Balaban J connectivity index is 0.00000274. The van der Waals surface area contributed by atoms with Crippen molar-refractivity contribution >= 4 is 58.1 Å². The van der Waals surface area contributed by atoms with Gasteiger partial charge >= 0.3 is 0 Å². The Kier molecular flexibility index (Phi) is 7.21. The molecule has 176 valence electrons. The zero-order valence-corrected chi connectivity index (χ0v) is 20.5. The Labute approximate surface area is 211 Å². The van der Waals surface area contributed by atoms with Gasteiger partial charge in [-0.2, -0.15) is 0 Å². The molecule has 0 saturated heterocycles. The zero-order valence-electron chi connectivity index (χ0n) is 18.1. The summed E-state index contributed by atoms with van der Waals surface area (Å²) in [4.78, 5) is 34.9. The molecule has 3 aromatic heterocycles. The predicted octanol–water partition coefficient (Wildman–Crippen LogP) is 5.25. The van der Waals surface area contributed by atoms with Gasteiger partial charge in [0.1, 0.15) is 5.69 Å². The van der Waals surface area contributed by atoms with E-state index in [1.807, 2.05) is 34.9 Å². The van der Waals surface area contributed by atoms with Gasteiger partial charge in [0.15, 0.2) is 5.01 Å². The Bertz CT molecular complexity index is 1340. The van der Waals surface area contributed by atoms with Crippen LogP contribution in [0.5, 0.6) is 0 Å². The summed E-state index contributed by atoms with van der Waals surface area (Å²) in [5, 5.41) is 5.01. The van der Waals surface area contributed by atoms with Crippen LogP contribution in [0.4, 0.5) is 0 Å². The van der Waals surface area contributed by atoms with E-state index in [-0.39, 0.29) is 30.4 Å². The van der Waals surface area contributed by atoms with Crippen molar-refractivity contribution in [2.75, 3.05) is 0 Å². The number of nitrogens with zero attached hydrogens (tertiary/aromatic N) is 3. The van der Waals surface area contributed by atoms with E-state index in [4.69, 9.17) is 17.3 Å². The van der Waals surface area contributed by atoms with Crippen molar-refractivity contribution in [2.24, 2.45) is 5.73 Å². The van der Waals surface area contributed by atoms with Gasteiger partial charge in [-0.1, -0.05) is 30.5 Å². The molecule has 2 amide bonds. The maximum atomic E-state index is 13.1. The van der Waals surface area contributed by atoms with Gasteiger partial charge in [0, 0.05) is 34.4 Å². The number of carbonyl (C=O) groups excluding carboxylic acids is 2. The molecule has 1 fully saturated rings. The first kappa shape index (κ1) is 24.2. The van der Waals surface area contributed by atoms with Crippen molar-refractivity contribution in [1.82, 2.24) is 19.9 Å². The van der Waals surface area contributed by atoms with E-state index in [1.165, 1.54) is 11.3 Å². The minimum atomic E-state index is -0.502. The molecule has 3 N–H and O–H groups in total. The number of pyridine rings is 1. The van der Waals surface area contributed by atoms with Gasteiger partial charge < -0.3 is 15.6 Å². The van der Waals surface area contributed by atoms with Crippen LogP contribution in [0, 0.1) is 0 Å². The molecule has 0 aliphatic heterocycles. The van der Waals surface area contributed by atoms with E-state index >= 15 is 0 Å². The normalized spacial score (nSPS) is 17.8. The van der Waals surface area contributed by atoms with Crippen molar-refractivity contribution < 1.29 is 9.59 Å². The quantitative estimate of drug-likeness (QED) is 0.378. The molecule has 1 aliphatic carbocycles. The lowest BCUT2D eigenvalue weighted by molar-refractivity contribution is 0.0907. The lowest BCUT2D eigenvalue weighted by atomic mass is 9.89. The molecule has 4 aromatic rings. The maximum Gasteiger partial charge on any atom is 0.280 e. The average Bonchev–Trinajstić information content (AvgIpc) is 3.45. The van der Waals surface area contributed by atoms with Crippen molar-refractivity contribution in [3.05, 3.63) is 70.6 Å². The summed E-state index contributed by atoms with van der Waals surface area (Å²) >= 11 is 7.48. The van der Waals surface area contributed by atoms with Crippen molar-refractivity contribution in [1.29, 1.82) is 0 Å². The Hall–Kier alpha value is -2.94. The summed E-state index contributed by atoms with van der Waals surface area (Å²) in [5.41, 5.74) is 7.81. The monoisotopic (exact) mass is 515 g/mol. The standard InChI is InChI=1S/C24H22ClN5O2S.ClH/c25-15-8-9-18-14(11-15)12-20(22(26)31)30(18)19-7-2-1-5-16(19)29-23(32)24-28-13-21(33-24)17-6-3-4-10-27-17;/h3-4,6,8-13,16,19H,1-2,5,7H2,(H2,26,31)(H,29,32);1H/t16-,19-;/m1./s1. The summed E-state index contributed by atoms with van der Waals surface area (Å²) in [7, 11) is 0. The van der Waals surface area contributed by atoms with Gasteiger partial charge in [0.25, 0.3) is 11.8 Å². The number of thiazole rings is 1. The number of primary amides is 1. The molecule has 0 radical (unpaired) electrons. The molecule has 7 nitrogen and oxygen atoms in total. The lowest BCUT2D eigenvalue weighted by Crippen LogP contribution is -2.43. The van der Waals surface area contributed by atoms with Gasteiger partial charge in [-0.05, 0) is 49.2 Å². The highest BCUT2D eigenvalue weighted by Gasteiger charge is 2.32. The lowest BCUT2D eigenvalue weighted by Gasteiger charge is -2.34. The minimum Gasteiger partial charge on any atom is -0.364 e. The van der Waals surface area contributed by atoms with Gasteiger partial charge in [0.2, 0.25) is 0 Å². The fourth-order valence-electron chi connectivity index (χ4n) is 4.58. The molecule has 3 heterocycles. The fraction of sp³-hybridized carbons (Fsp3) is 0.250. The van der Waals surface area contributed by atoms with Crippen molar-refractivity contribution in [2.45, 2.75) is 37.8 Å². The SMILES string of the molecule is Cl.NC(=O)c1cc2cc(Cl)ccc2n1[C@@H]1CCCC[C@H]1NC(=O)c1ncc(-c2ccccn2)s1. The predicted molar refractivity (Wildman–Crippen MR) is 137 cm³/mol. The summed E-state index contributed by atoms with van der Waals surface area (Å²) in [6.45, 7) is 0. The van der Waals surface area contributed by atoms with Crippen LogP contribution in [0.2, 0.25) is 5.02 Å². The summed E-state index contributed by atoms with van der Waals surface area (Å²) in [6, 6.07) is 12.7. The molecular formula is C24H23Cl2N5O2S. The number of rotatable bonds is 5. The summed E-state index contributed by atoms with van der Waals surface area (Å²) in [5.74, 6) is -0.725. The second-order valence-corrected chi connectivity index (χ2v) is 9.61. The van der Waals surface area contributed by atoms with Crippen LogP contribution in [-0.4, -0.2) is 32.4 Å². The first-order valence-corrected chi connectivity index (χ1v) is 12.0. The molecule has 5 rings (SSSR count). The number of aromatic nitrogens is 3. The Morgan fingerprint density at radius 2 is 1.94 bits per heavy atom. The van der Waals surface area contributed by atoms with E-state index < -0.39 is 5.91 Å². The molecule has 1 saturated carbocycles. The second-order valence-electron chi connectivity index (χ2n) is 8.14. The fourth-order valence-corrected chi connectivity index (χ4v) is 5.56. The van der Waals surface area contributed by atoms with E-state index in [9.17, 15) is 9.59 Å². The molecule has 0 unspecified atom stereocenters. The van der Waals surface area contributed by atoms with Gasteiger partial charge in [-0.3, -0.25) is 14.6 Å². The van der Waals surface area contributed by atoms with Crippen molar-refractivity contribution in [3.63, 3.8) is 0 Å². The van der Waals surface area contributed by atoms with Crippen LogP contribution < -0.4 is 11.1 Å². The zero-order chi connectivity index (χ0) is 22.9. The molecular weight excluding hydrogens is 493 g/mol. The van der Waals surface area contributed by atoms with Gasteiger partial charge in [0.05, 0.1) is 16.6 Å². The third-order valence-electron chi connectivity index (χ3n) is 6.05. The van der Waals surface area contributed by atoms with E-state index in [1.54, 1.807) is 24.5 Å². The highest BCUT2D eigenvalue weighted by Crippen LogP contribution is 2.35.